The molecule has 0 aromatic heterocycles. The zero-order valence-electron chi connectivity index (χ0n) is 15.8. The number of nitrogens with two attached hydrogens (primary N) is 1. The Morgan fingerprint density at radius 3 is 2.48 bits per heavy atom. The van der Waals surface area contributed by atoms with Gasteiger partial charge in [0.2, 0.25) is 10.0 Å². The molecule has 2 aromatic rings. The largest absolute Gasteiger partial charge is 0.495 e. The normalized spacial score (nSPS) is 16.3. The Bertz CT molecular complexity index is 1080. The molecule has 1 aliphatic heterocycles. The third kappa shape index (κ3) is 4.44. The van der Waals surface area contributed by atoms with Gasteiger partial charge in [0.15, 0.2) is 5.78 Å². The molecule has 0 bridgehead atoms. The van der Waals surface area contributed by atoms with Crippen molar-refractivity contribution in [2.75, 3.05) is 17.4 Å². The van der Waals surface area contributed by atoms with Crippen LogP contribution in [0.3, 0.4) is 0 Å². The number of sulfonamides is 1. The van der Waals surface area contributed by atoms with E-state index in [4.69, 9.17) is 9.88 Å². The first-order valence-corrected chi connectivity index (χ1v) is 10.2. The monoisotopic (exact) mass is 416 g/mol. The average molecular weight is 416 g/mol. The number of nitrogens with zero attached hydrogens (tertiary/aromatic N) is 2. The van der Waals surface area contributed by atoms with E-state index < -0.39 is 22.0 Å². The maximum absolute atomic E-state index is 12.8. The summed E-state index contributed by atoms with van der Waals surface area (Å²) in [5.74, 6) is -0.443. The van der Waals surface area contributed by atoms with E-state index in [1.807, 2.05) is 18.2 Å². The first kappa shape index (κ1) is 20.5. The zero-order chi connectivity index (χ0) is 21.2. The molecule has 3 rings (SSSR count). The first-order valence-electron chi connectivity index (χ1n) is 8.65. The molecule has 3 N–H and O–H groups in total. The molecule has 0 saturated heterocycles. The van der Waals surface area contributed by atoms with Gasteiger partial charge in [-0.05, 0) is 37.3 Å². The van der Waals surface area contributed by atoms with Gasteiger partial charge in [-0.15, -0.1) is 0 Å². The van der Waals surface area contributed by atoms with Gasteiger partial charge < -0.3 is 10.1 Å². The third-order valence-electron chi connectivity index (χ3n) is 4.41. The lowest BCUT2D eigenvalue weighted by molar-refractivity contribution is -0.118. The molecule has 1 atom stereocenters. The van der Waals surface area contributed by atoms with Crippen LogP contribution in [0.5, 0.6) is 5.75 Å². The predicted molar refractivity (Wildman–Crippen MR) is 108 cm³/mol. The molecule has 1 amide bonds. The Balaban J connectivity index is 1.90. The summed E-state index contributed by atoms with van der Waals surface area (Å²) in [7, 11) is -2.57. The van der Waals surface area contributed by atoms with E-state index >= 15 is 0 Å². The highest BCUT2D eigenvalue weighted by molar-refractivity contribution is 7.89. The highest BCUT2D eigenvalue weighted by atomic mass is 32.2. The van der Waals surface area contributed by atoms with E-state index in [1.54, 1.807) is 12.1 Å². The van der Waals surface area contributed by atoms with Gasteiger partial charge in [-0.2, -0.15) is 5.10 Å². The molecule has 0 fully saturated rings. The Kier molecular flexibility index (Phi) is 5.66. The molecule has 2 aromatic carbocycles. The van der Waals surface area contributed by atoms with Crippen molar-refractivity contribution in [3.8, 4) is 5.75 Å². The number of carbonyl (C=O) groups excluding carboxylic acids is 2. The van der Waals surface area contributed by atoms with Gasteiger partial charge in [0.05, 0.1) is 23.4 Å². The number of nitrogens with one attached hydrogen (secondary N) is 1. The van der Waals surface area contributed by atoms with Crippen LogP contribution in [0, 0.1) is 0 Å². The van der Waals surface area contributed by atoms with Crippen LogP contribution in [0.1, 0.15) is 13.3 Å². The van der Waals surface area contributed by atoms with Gasteiger partial charge in [-0.25, -0.2) is 13.6 Å². The van der Waals surface area contributed by atoms with Crippen molar-refractivity contribution in [1.82, 2.24) is 0 Å². The molecule has 10 heteroatoms. The number of anilines is 2. The summed E-state index contributed by atoms with van der Waals surface area (Å²) in [4.78, 5) is 24.7. The summed E-state index contributed by atoms with van der Waals surface area (Å²) in [6.45, 7) is 1.44. The van der Waals surface area contributed by atoms with Crippen molar-refractivity contribution >= 4 is 38.8 Å². The van der Waals surface area contributed by atoms with Gasteiger partial charge in [-0.1, -0.05) is 18.2 Å². The second-order valence-corrected chi connectivity index (χ2v) is 7.98. The lowest BCUT2D eigenvalue weighted by Crippen LogP contribution is -2.33. The lowest BCUT2D eigenvalue weighted by Gasteiger charge is -2.20. The standard InChI is InChI=1S/C19H20N4O5S/c1-12(24)17-11-16(22-23(17)13-6-4-3-5-7-13)19(25)21-15-10-14(29(20,26)27)8-9-18(15)28-2/h3-10,17H,11H2,1-2H3,(H,21,25)(H2,20,26,27)/t17-/m0/s1. The van der Waals surface area contributed by atoms with Crippen molar-refractivity contribution in [3.63, 3.8) is 0 Å². The van der Waals surface area contributed by atoms with Crippen molar-refractivity contribution in [2.24, 2.45) is 10.2 Å². The van der Waals surface area contributed by atoms with E-state index in [9.17, 15) is 18.0 Å². The van der Waals surface area contributed by atoms with Gasteiger partial charge in [-0.3, -0.25) is 14.6 Å². The Labute approximate surface area is 168 Å². The summed E-state index contributed by atoms with van der Waals surface area (Å²) in [5.41, 5.74) is 0.950. The minimum Gasteiger partial charge on any atom is -0.495 e. The fourth-order valence-corrected chi connectivity index (χ4v) is 3.48. The minimum atomic E-state index is -3.96. The first-order chi connectivity index (χ1) is 13.7. The second-order valence-electron chi connectivity index (χ2n) is 6.42. The number of Topliss-reactive ketones (excluding diaryl/α,β-unsaturated/α-hetero) is 1. The number of hydrogen-bond acceptors (Lipinski definition) is 7. The topological polar surface area (TPSA) is 131 Å². The van der Waals surface area contributed by atoms with Crippen LogP contribution in [-0.4, -0.2) is 39.0 Å². The van der Waals surface area contributed by atoms with Crippen molar-refractivity contribution < 1.29 is 22.7 Å². The molecule has 0 saturated carbocycles. The number of carbonyl (C=O) groups is 2. The maximum atomic E-state index is 12.8. The van der Waals surface area contributed by atoms with Crippen LogP contribution in [0.4, 0.5) is 11.4 Å². The predicted octanol–water partition coefficient (Wildman–Crippen LogP) is 1.50. The molecule has 1 heterocycles. The number of hydrogen-bond donors (Lipinski definition) is 2. The highest BCUT2D eigenvalue weighted by Gasteiger charge is 2.34. The second kappa shape index (κ2) is 8.02. The van der Waals surface area contributed by atoms with E-state index in [0.29, 0.717) is 5.69 Å². The summed E-state index contributed by atoms with van der Waals surface area (Å²) >= 11 is 0. The molecule has 0 unspecified atom stereocenters. The Morgan fingerprint density at radius 2 is 1.90 bits per heavy atom. The minimum absolute atomic E-state index is 0.118. The smallest absolute Gasteiger partial charge is 0.272 e. The van der Waals surface area contributed by atoms with Crippen LogP contribution in [0.2, 0.25) is 0 Å². The van der Waals surface area contributed by atoms with Crippen LogP contribution < -0.4 is 20.2 Å². The van der Waals surface area contributed by atoms with Crippen molar-refractivity contribution in [2.45, 2.75) is 24.3 Å². The quantitative estimate of drug-likeness (QED) is 0.734. The van der Waals surface area contributed by atoms with E-state index in [-0.39, 0.29) is 34.2 Å². The fourth-order valence-electron chi connectivity index (χ4n) is 2.94. The number of hydrazone groups is 1. The van der Waals surface area contributed by atoms with Gasteiger partial charge in [0, 0.05) is 6.42 Å². The zero-order valence-corrected chi connectivity index (χ0v) is 16.6. The molecule has 0 radical (unpaired) electrons. The van der Waals surface area contributed by atoms with E-state index in [2.05, 4.69) is 10.4 Å². The summed E-state index contributed by atoms with van der Waals surface area (Å²) in [6, 6.07) is 12.3. The van der Waals surface area contributed by atoms with Crippen molar-refractivity contribution in [1.29, 1.82) is 0 Å². The summed E-state index contributed by atoms with van der Waals surface area (Å²) in [5, 5.41) is 13.6. The molecule has 152 valence electrons. The van der Waals surface area contributed by atoms with Gasteiger partial charge >= 0.3 is 0 Å². The third-order valence-corrected chi connectivity index (χ3v) is 5.32. The summed E-state index contributed by atoms with van der Waals surface area (Å²) in [6.07, 6.45) is 0.118. The van der Waals surface area contributed by atoms with Crippen LogP contribution >= 0.6 is 0 Å². The number of ether oxygens (including phenoxy) is 1. The summed E-state index contributed by atoms with van der Waals surface area (Å²) < 4.78 is 28.4. The van der Waals surface area contributed by atoms with E-state index in [1.165, 1.54) is 37.2 Å². The number of primary sulfonamides is 1. The van der Waals surface area contributed by atoms with Crippen LogP contribution in [0.25, 0.3) is 0 Å². The molecule has 0 spiro atoms. The SMILES string of the molecule is COc1ccc(S(N)(=O)=O)cc1NC(=O)C1=NN(c2ccccc2)[C@H](C(C)=O)C1. The number of ketones is 1. The number of rotatable bonds is 6. The molecule has 29 heavy (non-hydrogen) atoms. The fraction of sp³-hybridized carbons (Fsp3) is 0.211. The van der Waals surface area contributed by atoms with Crippen LogP contribution in [-0.2, 0) is 19.6 Å². The molecule has 0 aliphatic carbocycles. The Hall–Kier alpha value is -3.24. The van der Waals surface area contributed by atoms with E-state index in [0.717, 1.165) is 0 Å². The number of benzene rings is 2. The van der Waals surface area contributed by atoms with Gasteiger partial charge in [0.25, 0.3) is 5.91 Å². The average Bonchev–Trinajstić information content (AvgIpc) is 3.14. The number of para-hydroxylation sites is 1. The van der Waals surface area contributed by atoms with Crippen LogP contribution in [0.15, 0.2) is 58.5 Å². The Morgan fingerprint density at radius 1 is 1.21 bits per heavy atom. The molecular weight excluding hydrogens is 396 g/mol. The van der Waals surface area contributed by atoms with Gasteiger partial charge in [0.1, 0.15) is 17.5 Å². The molecule has 1 aliphatic rings. The maximum Gasteiger partial charge on any atom is 0.272 e. The number of amides is 1. The molecular formula is C19H20N4O5S. The van der Waals surface area contributed by atoms with Crippen molar-refractivity contribution in [3.05, 3.63) is 48.5 Å². The molecule has 9 nitrogen and oxygen atoms in total. The highest BCUT2D eigenvalue weighted by Crippen LogP contribution is 2.29. The lowest BCUT2D eigenvalue weighted by atomic mass is 10.1. The number of methoxy groups -OCH3 is 1.